The summed E-state index contributed by atoms with van der Waals surface area (Å²) in [6, 6.07) is 16.4. The lowest BCUT2D eigenvalue weighted by molar-refractivity contribution is 0.0527. The quantitative estimate of drug-likeness (QED) is 0.478. The summed E-state index contributed by atoms with van der Waals surface area (Å²) >= 11 is 0. The monoisotopic (exact) mass is 362 g/mol. The molecule has 0 radical (unpaired) electrons. The standard InChI is InChI=1S/C22H19FN2O2/c1-3-18-20(22(26)27-4-2)21-17-13-16(23)11-10-15(17)12-19(25(21)24-18)14-8-6-5-7-9-14/h5-13H,3-4H2,1-2H3. The number of fused-ring (bicyclic) bond motifs is 3. The number of ether oxygens (including phenoxy) is 1. The van der Waals surface area contributed by atoms with Gasteiger partial charge in [-0.05, 0) is 36.9 Å². The van der Waals surface area contributed by atoms with Crippen LogP contribution >= 0.6 is 0 Å². The first-order chi connectivity index (χ1) is 13.1. The molecule has 136 valence electrons. The molecule has 4 rings (SSSR count). The van der Waals surface area contributed by atoms with Crippen molar-refractivity contribution in [2.24, 2.45) is 0 Å². The summed E-state index contributed by atoms with van der Waals surface area (Å²) in [5, 5.41) is 6.17. The third-order valence-electron chi connectivity index (χ3n) is 4.63. The highest BCUT2D eigenvalue weighted by Crippen LogP contribution is 2.32. The summed E-state index contributed by atoms with van der Waals surface area (Å²) in [6.45, 7) is 3.97. The van der Waals surface area contributed by atoms with Gasteiger partial charge in [0.1, 0.15) is 11.4 Å². The maximum Gasteiger partial charge on any atom is 0.342 e. The molecule has 0 saturated heterocycles. The molecule has 4 nitrogen and oxygen atoms in total. The molecule has 0 aliphatic rings. The van der Waals surface area contributed by atoms with Crippen molar-refractivity contribution in [3.05, 3.63) is 71.7 Å². The van der Waals surface area contributed by atoms with E-state index >= 15 is 0 Å². The van der Waals surface area contributed by atoms with Crippen LogP contribution in [0.5, 0.6) is 0 Å². The number of esters is 1. The zero-order chi connectivity index (χ0) is 19.0. The van der Waals surface area contributed by atoms with Crippen molar-refractivity contribution in [3.8, 4) is 11.3 Å². The number of hydrogen-bond acceptors (Lipinski definition) is 3. The Balaban J connectivity index is 2.17. The number of halogens is 1. The second-order valence-corrected chi connectivity index (χ2v) is 6.28. The van der Waals surface area contributed by atoms with Gasteiger partial charge in [0, 0.05) is 10.9 Å². The zero-order valence-electron chi connectivity index (χ0n) is 15.2. The van der Waals surface area contributed by atoms with E-state index in [1.807, 2.05) is 43.3 Å². The van der Waals surface area contributed by atoms with Gasteiger partial charge in [0.2, 0.25) is 0 Å². The maximum atomic E-state index is 14.0. The molecule has 5 heteroatoms. The Morgan fingerprint density at radius 1 is 1.11 bits per heavy atom. The Kier molecular flexibility index (Phi) is 4.36. The Bertz CT molecular complexity index is 1150. The van der Waals surface area contributed by atoms with Gasteiger partial charge in [0.15, 0.2) is 0 Å². The highest BCUT2D eigenvalue weighted by atomic mass is 19.1. The van der Waals surface area contributed by atoms with Gasteiger partial charge in [-0.2, -0.15) is 5.10 Å². The maximum absolute atomic E-state index is 14.0. The van der Waals surface area contributed by atoms with Gasteiger partial charge >= 0.3 is 5.97 Å². The van der Waals surface area contributed by atoms with Crippen molar-refractivity contribution in [2.75, 3.05) is 6.61 Å². The van der Waals surface area contributed by atoms with Crippen LogP contribution in [0.2, 0.25) is 0 Å². The highest BCUT2D eigenvalue weighted by molar-refractivity contribution is 6.09. The molecular weight excluding hydrogens is 343 g/mol. The Morgan fingerprint density at radius 2 is 1.89 bits per heavy atom. The molecule has 2 aromatic carbocycles. The molecule has 0 unspecified atom stereocenters. The van der Waals surface area contributed by atoms with E-state index in [1.54, 1.807) is 17.5 Å². The topological polar surface area (TPSA) is 43.6 Å². The number of benzene rings is 2. The van der Waals surface area contributed by atoms with E-state index in [4.69, 9.17) is 4.74 Å². The van der Waals surface area contributed by atoms with E-state index in [0.29, 0.717) is 28.6 Å². The molecule has 0 aliphatic carbocycles. The lowest BCUT2D eigenvalue weighted by Crippen LogP contribution is -2.07. The fourth-order valence-electron chi connectivity index (χ4n) is 3.43. The summed E-state index contributed by atoms with van der Waals surface area (Å²) in [5.41, 5.74) is 3.44. The van der Waals surface area contributed by atoms with Crippen LogP contribution in [0.25, 0.3) is 27.5 Å². The minimum Gasteiger partial charge on any atom is -0.462 e. The minimum absolute atomic E-state index is 0.268. The molecular formula is C22H19FN2O2. The molecule has 27 heavy (non-hydrogen) atoms. The molecule has 0 fully saturated rings. The second-order valence-electron chi connectivity index (χ2n) is 6.28. The summed E-state index contributed by atoms with van der Waals surface area (Å²) in [6.07, 6.45) is 0.570. The van der Waals surface area contributed by atoms with Gasteiger partial charge in [-0.1, -0.05) is 43.3 Å². The highest BCUT2D eigenvalue weighted by Gasteiger charge is 2.24. The number of hydrogen-bond donors (Lipinski definition) is 0. The van der Waals surface area contributed by atoms with E-state index in [-0.39, 0.29) is 12.4 Å². The van der Waals surface area contributed by atoms with Crippen LogP contribution in [0.1, 0.15) is 29.9 Å². The van der Waals surface area contributed by atoms with Crippen LogP contribution in [-0.2, 0) is 11.2 Å². The number of aryl methyl sites for hydroxylation is 1. The SMILES string of the molecule is CCOC(=O)c1c(CC)nn2c(-c3ccccc3)cc3ccc(F)cc3c12. The van der Waals surface area contributed by atoms with Crippen LogP contribution < -0.4 is 0 Å². The van der Waals surface area contributed by atoms with E-state index in [2.05, 4.69) is 5.10 Å². The van der Waals surface area contributed by atoms with Crippen molar-refractivity contribution in [1.82, 2.24) is 9.61 Å². The van der Waals surface area contributed by atoms with E-state index < -0.39 is 5.97 Å². The van der Waals surface area contributed by atoms with Crippen molar-refractivity contribution in [3.63, 3.8) is 0 Å². The summed E-state index contributed by atoms with van der Waals surface area (Å²) in [4.78, 5) is 12.7. The average Bonchev–Trinajstić information content (AvgIpc) is 3.08. The Labute approximate surface area is 156 Å². The van der Waals surface area contributed by atoms with E-state index in [1.165, 1.54) is 12.1 Å². The van der Waals surface area contributed by atoms with Gasteiger partial charge in [-0.25, -0.2) is 13.7 Å². The summed E-state index contributed by atoms with van der Waals surface area (Å²) in [7, 11) is 0. The van der Waals surface area contributed by atoms with Crippen LogP contribution in [-0.4, -0.2) is 22.2 Å². The van der Waals surface area contributed by atoms with Crippen molar-refractivity contribution in [1.29, 1.82) is 0 Å². The molecule has 0 amide bonds. The van der Waals surface area contributed by atoms with Gasteiger partial charge in [0.05, 0.1) is 23.5 Å². The average molecular weight is 362 g/mol. The number of carbonyl (C=O) groups excluding carboxylic acids is 1. The first-order valence-electron chi connectivity index (χ1n) is 9.00. The molecule has 0 N–H and O–H groups in total. The number of nitrogens with zero attached hydrogens (tertiary/aromatic N) is 2. The predicted molar refractivity (Wildman–Crippen MR) is 103 cm³/mol. The summed E-state index contributed by atoms with van der Waals surface area (Å²) < 4.78 is 21.0. The number of pyridine rings is 1. The Morgan fingerprint density at radius 3 is 2.59 bits per heavy atom. The fraction of sp³-hybridized carbons (Fsp3) is 0.182. The molecule has 0 aliphatic heterocycles. The van der Waals surface area contributed by atoms with Crippen LogP contribution in [0.3, 0.4) is 0 Å². The number of carbonyl (C=O) groups is 1. The van der Waals surface area contributed by atoms with Crippen molar-refractivity contribution < 1.29 is 13.9 Å². The first-order valence-corrected chi connectivity index (χ1v) is 9.00. The Hall–Kier alpha value is -3.21. The minimum atomic E-state index is -0.430. The molecule has 0 bridgehead atoms. The normalized spacial score (nSPS) is 11.2. The first kappa shape index (κ1) is 17.2. The third-order valence-corrected chi connectivity index (χ3v) is 4.63. The van der Waals surface area contributed by atoms with Crippen molar-refractivity contribution >= 4 is 22.3 Å². The van der Waals surface area contributed by atoms with Gasteiger partial charge in [-0.3, -0.25) is 0 Å². The number of aromatic nitrogens is 2. The lowest BCUT2D eigenvalue weighted by atomic mass is 10.0. The second kappa shape index (κ2) is 6.83. The van der Waals surface area contributed by atoms with E-state index in [0.717, 1.165) is 16.6 Å². The molecule has 0 atom stereocenters. The lowest BCUT2D eigenvalue weighted by Gasteiger charge is -2.10. The van der Waals surface area contributed by atoms with Gasteiger partial charge in [0.25, 0.3) is 0 Å². The number of rotatable bonds is 4. The van der Waals surface area contributed by atoms with Gasteiger partial charge < -0.3 is 4.74 Å². The van der Waals surface area contributed by atoms with Crippen molar-refractivity contribution in [2.45, 2.75) is 20.3 Å². The molecule has 2 aromatic heterocycles. The molecule has 2 heterocycles. The third kappa shape index (κ3) is 2.85. The van der Waals surface area contributed by atoms with Crippen LogP contribution in [0.4, 0.5) is 4.39 Å². The molecule has 0 saturated carbocycles. The summed E-state index contributed by atoms with van der Waals surface area (Å²) in [5.74, 6) is -0.786. The van der Waals surface area contributed by atoms with Gasteiger partial charge in [-0.15, -0.1) is 0 Å². The fourth-order valence-corrected chi connectivity index (χ4v) is 3.43. The predicted octanol–water partition coefficient (Wildman–Crippen LogP) is 5.03. The zero-order valence-corrected chi connectivity index (χ0v) is 15.2. The smallest absolute Gasteiger partial charge is 0.342 e. The largest absolute Gasteiger partial charge is 0.462 e. The van der Waals surface area contributed by atoms with Crippen LogP contribution in [0, 0.1) is 5.82 Å². The van der Waals surface area contributed by atoms with Crippen LogP contribution in [0.15, 0.2) is 54.6 Å². The molecule has 0 spiro atoms. The molecule has 4 aromatic rings. The van der Waals surface area contributed by atoms with E-state index in [9.17, 15) is 9.18 Å².